The first-order valence-electron chi connectivity index (χ1n) is 11.6. The molecule has 1 aliphatic heterocycles. The maximum Gasteiger partial charge on any atom is 0.416 e. The highest BCUT2D eigenvalue weighted by Gasteiger charge is 2.31. The number of nitrogens with zero attached hydrogens (tertiary/aromatic N) is 3. The molecule has 0 saturated carbocycles. The first-order chi connectivity index (χ1) is 16.0. The molecule has 34 heavy (non-hydrogen) atoms. The van der Waals surface area contributed by atoms with Gasteiger partial charge in [0, 0.05) is 44.3 Å². The van der Waals surface area contributed by atoms with Gasteiger partial charge in [0.25, 0.3) is 5.91 Å². The minimum atomic E-state index is -4.41. The van der Waals surface area contributed by atoms with Crippen LogP contribution in [0.25, 0.3) is 0 Å². The van der Waals surface area contributed by atoms with Gasteiger partial charge in [0.2, 0.25) is 0 Å². The van der Waals surface area contributed by atoms with E-state index >= 15 is 0 Å². The van der Waals surface area contributed by atoms with E-state index in [-0.39, 0.29) is 17.5 Å². The van der Waals surface area contributed by atoms with E-state index < -0.39 is 11.7 Å². The second-order valence-electron chi connectivity index (χ2n) is 9.13. The molecule has 1 atom stereocenters. The molecular weight excluding hydrogens is 443 g/mol. The fourth-order valence-corrected chi connectivity index (χ4v) is 4.26. The monoisotopic (exact) mass is 477 g/mol. The van der Waals surface area contributed by atoms with Crippen LogP contribution in [0.15, 0.2) is 36.4 Å². The smallest absolute Gasteiger partial charge is 0.416 e. The van der Waals surface area contributed by atoms with Gasteiger partial charge >= 0.3 is 6.18 Å². The van der Waals surface area contributed by atoms with Crippen LogP contribution in [0.1, 0.15) is 45.6 Å². The molecule has 3 rings (SSSR count). The zero-order valence-electron chi connectivity index (χ0n) is 20.6. The summed E-state index contributed by atoms with van der Waals surface area (Å²) in [7, 11) is 4.03. The Labute approximate surface area is 200 Å². The van der Waals surface area contributed by atoms with Crippen molar-refractivity contribution in [2.24, 2.45) is 0 Å². The summed E-state index contributed by atoms with van der Waals surface area (Å²) in [6.07, 6.45) is -4.41. The third-order valence-electron chi connectivity index (χ3n) is 6.63. The second kappa shape index (κ2) is 10.8. The molecule has 0 aliphatic carbocycles. The molecule has 1 aliphatic rings. The van der Waals surface area contributed by atoms with Crippen molar-refractivity contribution in [1.29, 1.82) is 0 Å². The topological polar surface area (TPSA) is 36.0 Å². The zero-order chi connectivity index (χ0) is 25.0. The molecule has 8 heteroatoms. The molecule has 186 valence electrons. The molecule has 2 aromatic rings. The van der Waals surface area contributed by atoms with Crippen LogP contribution in [0.2, 0.25) is 0 Å². The summed E-state index contributed by atoms with van der Waals surface area (Å²) in [6.45, 7) is 10.3. The van der Waals surface area contributed by atoms with Crippen molar-refractivity contribution in [2.75, 3.05) is 53.4 Å². The number of piperazine rings is 1. The minimum absolute atomic E-state index is 0.179. The molecule has 2 aromatic carbocycles. The van der Waals surface area contributed by atoms with Crippen molar-refractivity contribution < 1.29 is 22.7 Å². The maximum absolute atomic E-state index is 12.8. The van der Waals surface area contributed by atoms with Gasteiger partial charge in [0.15, 0.2) is 0 Å². The van der Waals surface area contributed by atoms with Gasteiger partial charge in [-0.15, -0.1) is 0 Å². The van der Waals surface area contributed by atoms with E-state index in [1.165, 1.54) is 23.3 Å². The Morgan fingerprint density at radius 2 is 1.62 bits per heavy atom. The van der Waals surface area contributed by atoms with Crippen molar-refractivity contribution in [3.05, 3.63) is 64.2 Å². The quantitative estimate of drug-likeness (QED) is 0.575. The second-order valence-corrected chi connectivity index (χ2v) is 9.13. The predicted molar refractivity (Wildman–Crippen MR) is 127 cm³/mol. The summed E-state index contributed by atoms with van der Waals surface area (Å²) >= 11 is 0. The molecular formula is C26H34F3N3O2. The number of halogens is 3. The first-order valence-corrected chi connectivity index (χ1v) is 11.6. The van der Waals surface area contributed by atoms with Gasteiger partial charge in [-0.2, -0.15) is 13.2 Å². The van der Waals surface area contributed by atoms with Crippen LogP contribution in [0.4, 0.5) is 13.2 Å². The zero-order valence-corrected chi connectivity index (χ0v) is 20.6. The van der Waals surface area contributed by atoms with E-state index in [0.717, 1.165) is 30.0 Å². The van der Waals surface area contributed by atoms with E-state index in [9.17, 15) is 18.0 Å². The normalized spacial score (nSPS) is 16.1. The number of alkyl halides is 3. The van der Waals surface area contributed by atoms with Crippen molar-refractivity contribution in [2.45, 2.75) is 33.0 Å². The molecule has 0 spiro atoms. The van der Waals surface area contributed by atoms with Crippen molar-refractivity contribution >= 4 is 5.91 Å². The summed E-state index contributed by atoms with van der Waals surface area (Å²) in [4.78, 5) is 18.9. The average Bonchev–Trinajstić information content (AvgIpc) is 2.80. The maximum atomic E-state index is 12.8. The van der Waals surface area contributed by atoms with Gasteiger partial charge in [-0.1, -0.05) is 6.07 Å². The SMILES string of the molecule is Cc1c(OCCN(C)C)ccc([C@@H](C)N2CCN(C(=O)c3ccc(C(F)(F)F)cc3)CC2)c1C. The molecule has 5 nitrogen and oxygen atoms in total. The van der Waals surface area contributed by atoms with Crippen LogP contribution < -0.4 is 4.74 Å². The number of hydrogen-bond acceptors (Lipinski definition) is 4. The van der Waals surface area contributed by atoms with Gasteiger partial charge in [-0.05, 0) is 81.9 Å². The number of amides is 1. The van der Waals surface area contributed by atoms with Gasteiger partial charge in [-0.25, -0.2) is 0 Å². The standard InChI is InChI=1S/C26H34F3N3O2/c1-18-19(2)24(34-17-16-30(4)5)11-10-23(18)20(3)31-12-14-32(15-13-31)25(33)21-6-8-22(9-7-21)26(27,28)29/h6-11,20H,12-17H2,1-5H3/t20-/m1/s1. The summed E-state index contributed by atoms with van der Waals surface area (Å²) in [5, 5.41) is 0. The van der Waals surface area contributed by atoms with Crippen LogP contribution in [0, 0.1) is 13.8 Å². The van der Waals surface area contributed by atoms with Crippen LogP contribution in [0.5, 0.6) is 5.75 Å². The van der Waals surface area contributed by atoms with Gasteiger partial charge in [0.05, 0.1) is 5.56 Å². The predicted octanol–water partition coefficient (Wildman–Crippen LogP) is 4.78. The number of carbonyl (C=O) groups is 1. The van der Waals surface area contributed by atoms with Gasteiger partial charge in [0.1, 0.15) is 12.4 Å². The Bertz CT molecular complexity index is 982. The Morgan fingerprint density at radius 3 is 2.18 bits per heavy atom. The molecule has 1 fully saturated rings. The van der Waals surface area contributed by atoms with Gasteiger partial charge in [-0.3, -0.25) is 9.69 Å². The van der Waals surface area contributed by atoms with Crippen molar-refractivity contribution in [1.82, 2.24) is 14.7 Å². The molecule has 0 unspecified atom stereocenters. The lowest BCUT2D eigenvalue weighted by molar-refractivity contribution is -0.137. The number of likely N-dealkylation sites (N-methyl/N-ethyl adjacent to an activating group) is 1. The van der Waals surface area contributed by atoms with Crippen LogP contribution in [0.3, 0.4) is 0 Å². The number of ether oxygens (including phenoxy) is 1. The van der Waals surface area contributed by atoms with Gasteiger partial charge < -0.3 is 14.5 Å². The van der Waals surface area contributed by atoms with E-state index in [0.29, 0.717) is 32.8 Å². The number of benzene rings is 2. The molecule has 0 radical (unpaired) electrons. The molecule has 0 N–H and O–H groups in total. The number of rotatable bonds is 7. The Balaban J connectivity index is 1.60. The highest BCUT2D eigenvalue weighted by Crippen LogP contribution is 2.32. The largest absolute Gasteiger partial charge is 0.492 e. The van der Waals surface area contributed by atoms with E-state index in [4.69, 9.17) is 4.74 Å². The highest BCUT2D eigenvalue weighted by atomic mass is 19.4. The van der Waals surface area contributed by atoms with E-state index in [1.54, 1.807) is 4.90 Å². The highest BCUT2D eigenvalue weighted by molar-refractivity contribution is 5.94. The number of carbonyl (C=O) groups excluding carboxylic acids is 1. The summed E-state index contributed by atoms with van der Waals surface area (Å²) in [6, 6.07) is 8.78. The third-order valence-corrected chi connectivity index (χ3v) is 6.63. The fraction of sp³-hybridized carbons (Fsp3) is 0.500. The van der Waals surface area contributed by atoms with Crippen LogP contribution >= 0.6 is 0 Å². The Morgan fingerprint density at radius 1 is 1.00 bits per heavy atom. The molecule has 1 amide bonds. The van der Waals surface area contributed by atoms with Crippen molar-refractivity contribution in [3.63, 3.8) is 0 Å². The summed E-state index contributed by atoms with van der Waals surface area (Å²) in [5.41, 5.74) is 3.12. The van der Waals surface area contributed by atoms with Crippen molar-refractivity contribution in [3.8, 4) is 5.75 Å². The minimum Gasteiger partial charge on any atom is -0.492 e. The third kappa shape index (κ3) is 6.10. The molecule has 1 heterocycles. The molecule has 0 aromatic heterocycles. The molecule has 0 bridgehead atoms. The lowest BCUT2D eigenvalue weighted by Gasteiger charge is -2.39. The number of hydrogen-bond donors (Lipinski definition) is 0. The average molecular weight is 478 g/mol. The lowest BCUT2D eigenvalue weighted by atomic mass is 9.96. The van der Waals surface area contributed by atoms with E-state index in [1.807, 2.05) is 20.2 Å². The van der Waals surface area contributed by atoms with E-state index in [2.05, 4.69) is 36.6 Å². The molecule has 1 saturated heterocycles. The Hall–Kier alpha value is -2.58. The Kier molecular flexibility index (Phi) is 8.25. The summed E-state index contributed by atoms with van der Waals surface area (Å²) in [5.74, 6) is 0.675. The van der Waals surface area contributed by atoms with Crippen LogP contribution in [-0.4, -0.2) is 74.0 Å². The fourth-order valence-electron chi connectivity index (χ4n) is 4.26. The van der Waals surface area contributed by atoms with Crippen LogP contribution in [-0.2, 0) is 6.18 Å². The lowest BCUT2D eigenvalue weighted by Crippen LogP contribution is -2.49. The summed E-state index contributed by atoms with van der Waals surface area (Å²) < 4.78 is 44.3. The first kappa shape index (κ1) is 26.0.